The second-order valence-electron chi connectivity index (χ2n) is 3.86. The predicted octanol–water partition coefficient (Wildman–Crippen LogP) is 2.15. The second-order valence-corrected chi connectivity index (χ2v) is 5.10. The molecule has 0 radical (unpaired) electrons. The van der Waals surface area contributed by atoms with Crippen molar-refractivity contribution in [1.29, 1.82) is 0 Å². The summed E-state index contributed by atoms with van der Waals surface area (Å²) >= 11 is 2.29. The highest BCUT2D eigenvalue weighted by atomic mass is 127. The van der Waals surface area contributed by atoms with Gasteiger partial charge in [0.15, 0.2) is 0 Å². The topological polar surface area (TPSA) is 56.7 Å². The van der Waals surface area contributed by atoms with Gasteiger partial charge >= 0.3 is 0 Å². The molecule has 0 fully saturated rings. The summed E-state index contributed by atoms with van der Waals surface area (Å²) in [6, 6.07) is 8.23. The minimum Gasteiger partial charge on any atom is -0.324 e. The van der Waals surface area contributed by atoms with Crippen molar-refractivity contribution in [3.63, 3.8) is 0 Å². The Balaban J connectivity index is 2.14. The van der Waals surface area contributed by atoms with Crippen LogP contribution in [0.25, 0.3) is 0 Å². The SMILES string of the molecule is CCn1ncnc1CC(N)c1cccc(I)c1. The third-order valence-electron chi connectivity index (χ3n) is 2.67. The second kappa shape index (κ2) is 5.59. The van der Waals surface area contributed by atoms with Crippen LogP contribution < -0.4 is 5.73 Å². The monoisotopic (exact) mass is 342 g/mol. The first-order valence-electron chi connectivity index (χ1n) is 5.58. The average Bonchev–Trinajstić information content (AvgIpc) is 2.76. The van der Waals surface area contributed by atoms with Gasteiger partial charge in [0.1, 0.15) is 12.2 Å². The van der Waals surface area contributed by atoms with E-state index in [-0.39, 0.29) is 6.04 Å². The highest BCUT2D eigenvalue weighted by Crippen LogP contribution is 2.17. The first-order valence-corrected chi connectivity index (χ1v) is 6.66. The molecular weight excluding hydrogens is 327 g/mol. The molecule has 4 nitrogen and oxygen atoms in total. The molecule has 0 aliphatic rings. The fourth-order valence-corrected chi connectivity index (χ4v) is 2.33. The van der Waals surface area contributed by atoms with Gasteiger partial charge in [-0.05, 0) is 47.2 Å². The van der Waals surface area contributed by atoms with Crippen LogP contribution in [-0.4, -0.2) is 14.8 Å². The molecule has 1 aromatic carbocycles. The van der Waals surface area contributed by atoms with Gasteiger partial charge in [0, 0.05) is 22.6 Å². The molecule has 1 heterocycles. The quantitative estimate of drug-likeness (QED) is 0.867. The molecule has 1 aromatic heterocycles. The summed E-state index contributed by atoms with van der Waals surface area (Å²) in [4.78, 5) is 4.24. The number of nitrogens with zero attached hydrogens (tertiary/aromatic N) is 3. The van der Waals surface area contributed by atoms with E-state index in [1.165, 1.54) is 3.57 Å². The number of halogens is 1. The van der Waals surface area contributed by atoms with Gasteiger partial charge in [-0.3, -0.25) is 4.68 Å². The van der Waals surface area contributed by atoms with E-state index in [1.54, 1.807) is 6.33 Å². The molecule has 0 amide bonds. The highest BCUT2D eigenvalue weighted by molar-refractivity contribution is 14.1. The number of benzene rings is 1. The minimum absolute atomic E-state index is 0.0285. The van der Waals surface area contributed by atoms with Crippen LogP contribution in [0.1, 0.15) is 24.4 Å². The van der Waals surface area contributed by atoms with Gasteiger partial charge in [0.2, 0.25) is 0 Å². The van der Waals surface area contributed by atoms with Crippen molar-refractivity contribution in [1.82, 2.24) is 14.8 Å². The molecule has 2 aromatic rings. The molecule has 0 saturated carbocycles. The summed E-state index contributed by atoms with van der Waals surface area (Å²) in [5.41, 5.74) is 7.34. The molecule has 0 saturated heterocycles. The van der Waals surface area contributed by atoms with Gasteiger partial charge in [-0.1, -0.05) is 12.1 Å². The molecule has 0 aliphatic carbocycles. The molecule has 2 N–H and O–H groups in total. The number of nitrogens with two attached hydrogens (primary N) is 1. The van der Waals surface area contributed by atoms with Crippen LogP contribution in [0.2, 0.25) is 0 Å². The van der Waals surface area contributed by atoms with Gasteiger partial charge in [-0.2, -0.15) is 5.10 Å². The van der Waals surface area contributed by atoms with E-state index in [4.69, 9.17) is 5.73 Å². The van der Waals surface area contributed by atoms with Crippen LogP contribution in [-0.2, 0) is 13.0 Å². The van der Waals surface area contributed by atoms with E-state index in [1.807, 2.05) is 10.7 Å². The van der Waals surface area contributed by atoms with Crippen LogP contribution in [0.4, 0.5) is 0 Å². The van der Waals surface area contributed by atoms with Crippen molar-refractivity contribution in [2.45, 2.75) is 25.9 Å². The Labute approximate surface area is 114 Å². The third-order valence-corrected chi connectivity index (χ3v) is 3.35. The van der Waals surface area contributed by atoms with E-state index in [2.05, 4.69) is 57.8 Å². The number of aryl methyl sites for hydroxylation is 1. The zero-order valence-corrected chi connectivity index (χ0v) is 11.8. The number of rotatable bonds is 4. The van der Waals surface area contributed by atoms with Gasteiger partial charge in [0.05, 0.1) is 0 Å². The Morgan fingerprint density at radius 3 is 3.00 bits per heavy atom. The lowest BCUT2D eigenvalue weighted by molar-refractivity contribution is 0.581. The zero-order valence-electron chi connectivity index (χ0n) is 9.68. The van der Waals surface area contributed by atoms with E-state index in [0.717, 1.165) is 17.9 Å². The molecule has 2 rings (SSSR count). The maximum absolute atomic E-state index is 6.19. The maximum Gasteiger partial charge on any atom is 0.138 e. The Morgan fingerprint density at radius 2 is 2.29 bits per heavy atom. The summed E-state index contributed by atoms with van der Waals surface area (Å²) in [6.45, 7) is 2.88. The van der Waals surface area contributed by atoms with Gasteiger partial charge < -0.3 is 5.73 Å². The van der Waals surface area contributed by atoms with Gasteiger partial charge in [-0.25, -0.2) is 4.98 Å². The van der Waals surface area contributed by atoms with Crippen molar-refractivity contribution in [2.24, 2.45) is 5.73 Å². The van der Waals surface area contributed by atoms with E-state index >= 15 is 0 Å². The summed E-state index contributed by atoms with van der Waals surface area (Å²) in [6.07, 6.45) is 2.30. The average molecular weight is 342 g/mol. The largest absolute Gasteiger partial charge is 0.324 e. The molecule has 1 unspecified atom stereocenters. The summed E-state index contributed by atoms with van der Waals surface area (Å²) in [5, 5.41) is 4.15. The van der Waals surface area contributed by atoms with Crippen molar-refractivity contribution in [2.75, 3.05) is 0 Å². The molecular formula is C12H15IN4. The van der Waals surface area contributed by atoms with Crippen molar-refractivity contribution < 1.29 is 0 Å². The molecule has 0 spiro atoms. The first kappa shape index (κ1) is 12.5. The van der Waals surface area contributed by atoms with Gasteiger partial charge in [-0.15, -0.1) is 0 Å². The van der Waals surface area contributed by atoms with Gasteiger partial charge in [0.25, 0.3) is 0 Å². The number of aromatic nitrogens is 3. The predicted molar refractivity (Wildman–Crippen MR) is 75.5 cm³/mol. The highest BCUT2D eigenvalue weighted by Gasteiger charge is 2.11. The molecule has 0 aliphatic heterocycles. The number of hydrogen-bond acceptors (Lipinski definition) is 3. The molecule has 1 atom stereocenters. The van der Waals surface area contributed by atoms with Crippen LogP contribution in [0.15, 0.2) is 30.6 Å². The lowest BCUT2D eigenvalue weighted by Gasteiger charge is -2.12. The van der Waals surface area contributed by atoms with E-state index < -0.39 is 0 Å². The number of hydrogen-bond donors (Lipinski definition) is 1. The Morgan fingerprint density at radius 1 is 1.47 bits per heavy atom. The first-order chi connectivity index (χ1) is 8.20. The molecule has 0 bridgehead atoms. The maximum atomic E-state index is 6.19. The zero-order chi connectivity index (χ0) is 12.3. The molecule has 90 valence electrons. The fourth-order valence-electron chi connectivity index (χ4n) is 1.76. The molecule has 17 heavy (non-hydrogen) atoms. The Kier molecular flexibility index (Phi) is 4.11. The van der Waals surface area contributed by atoms with Crippen LogP contribution in [0.5, 0.6) is 0 Å². The lowest BCUT2D eigenvalue weighted by atomic mass is 10.0. The minimum atomic E-state index is -0.0285. The van der Waals surface area contributed by atoms with Crippen molar-refractivity contribution in [3.05, 3.63) is 45.6 Å². The lowest BCUT2D eigenvalue weighted by Crippen LogP contribution is -2.17. The standard InChI is InChI=1S/C12H15IN4/c1-2-17-12(15-8-16-17)7-11(14)9-4-3-5-10(13)6-9/h3-6,8,11H,2,7,14H2,1H3. The molecule has 5 heteroatoms. The third kappa shape index (κ3) is 3.04. The van der Waals surface area contributed by atoms with Crippen LogP contribution in [0.3, 0.4) is 0 Å². The van der Waals surface area contributed by atoms with Crippen molar-refractivity contribution in [3.8, 4) is 0 Å². The summed E-state index contributed by atoms with van der Waals surface area (Å²) < 4.78 is 3.08. The smallest absolute Gasteiger partial charge is 0.138 e. The van der Waals surface area contributed by atoms with Crippen molar-refractivity contribution >= 4 is 22.6 Å². The van der Waals surface area contributed by atoms with Crippen LogP contribution in [0, 0.1) is 3.57 Å². The Hall–Kier alpha value is -0.950. The fraction of sp³-hybridized carbons (Fsp3) is 0.333. The summed E-state index contributed by atoms with van der Waals surface area (Å²) in [5.74, 6) is 0.943. The Bertz CT molecular complexity index is 495. The van der Waals surface area contributed by atoms with E-state index in [9.17, 15) is 0 Å². The van der Waals surface area contributed by atoms with E-state index in [0.29, 0.717) is 6.42 Å². The summed E-state index contributed by atoms with van der Waals surface area (Å²) in [7, 11) is 0. The van der Waals surface area contributed by atoms with Crippen LogP contribution >= 0.6 is 22.6 Å². The normalized spacial score (nSPS) is 12.6.